The summed E-state index contributed by atoms with van der Waals surface area (Å²) in [6.45, 7) is 6.64. The molecule has 0 unspecified atom stereocenters. The SMILES string of the molecule is Cc1cc(C)c2nc(-n3ncc(C#N)c3NC(=O)CCCCCNC(=O)c3ccccc3)cc(C)c2c1. The normalized spacial score (nSPS) is 10.8. The van der Waals surface area contributed by atoms with E-state index in [0.29, 0.717) is 36.6 Å². The van der Waals surface area contributed by atoms with Gasteiger partial charge >= 0.3 is 0 Å². The van der Waals surface area contributed by atoms with Crippen molar-refractivity contribution in [3.05, 3.63) is 82.5 Å². The standard InChI is InChI=1S/C29H30N6O2/c1-19-14-21(3)27-24(15-19)20(2)16-25(33-27)35-28(23(17-30)18-32-35)34-26(36)12-8-5-9-13-31-29(37)22-10-6-4-7-11-22/h4,6-7,10-11,14-16,18H,5,8-9,12-13H2,1-3H3,(H,31,37)(H,34,36). The minimum atomic E-state index is -0.198. The van der Waals surface area contributed by atoms with E-state index in [-0.39, 0.29) is 17.4 Å². The molecule has 37 heavy (non-hydrogen) atoms. The second-order valence-corrected chi connectivity index (χ2v) is 9.19. The largest absolute Gasteiger partial charge is 0.352 e. The summed E-state index contributed by atoms with van der Waals surface area (Å²) in [4.78, 5) is 29.6. The quantitative estimate of drug-likeness (QED) is 0.313. The Kier molecular flexibility index (Phi) is 7.94. The Morgan fingerprint density at radius 1 is 1.00 bits per heavy atom. The number of amides is 2. The van der Waals surface area contributed by atoms with Gasteiger partial charge in [0.25, 0.3) is 5.91 Å². The van der Waals surface area contributed by atoms with E-state index in [1.54, 1.807) is 12.1 Å². The van der Waals surface area contributed by atoms with E-state index in [9.17, 15) is 14.9 Å². The predicted octanol–water partition coefficient (Wildman–Crippen LogP) is 5.15. The highest BCUT2D eigenvalue weighted by Crippen LogP contribution is 2.26. The Labute approximate surface area is 216 Å². The number of aromatic nitrogens is 3. The van der Waals surface area contributed by atoms with Crippen molar-refractivity contribution in [1.82, 2.24) is 20.1 Å². The molecule has 0 saturated carbocycles. The van der Waals surface area contributed by atoms with Gasteiger partial charge in [-0.25, -0.2) is 4.98 Å². The van der Waals surface area contributed by atoms with E-state index in [1.807, 2.05) is 38.1 Å². The van der Waals surface area contributed by atoms with Gasteiger partial charge in [0.1, 0.15) is 11.6 Å². The highest BCUT2D eigenvalue weighted by molar-refractivity contribution is 5.94. The molecule has 8 nitrogen and oxygen atoms in total. The number of unbranched alkanes of at least 4 members (excludes halogenated alkanes) is 2. The maximum absolute atomic E-state index is 12.7. The van der Waals surface area contributed by atoms with E-state index in [4.69, 9.17) is 4.98 Å². The van der Waals surface area contributed by atoms with Gasteiger partial charge in [-0.05, 0) is 69.0 Å². The minimum absolute atomic E-state index is 0.0986. The van der Waals surface area contributed by atoms with Crippen molar-refractivity contribution >= 4 is 28.5 Å². The number of aryl methyl sites for hydroxylation is 3. The van der Waals surface area contributed by atoms with Gasteiger partial charge < -0.3 is 10.6 Å². The van der Waals surface area contributed by atoms with Crippen molar-refractivity contribution in [1.29, 1.82) is 5.26 Å². The second-order valence-electron chi connectivity index (χ2n) is 9.19. The van der Waals surface area contributed by atoms with Crippen LogP contribution in [-0.2, 0) is 4.79 Å². The summed E-state index contributed by atoms with van der Waals surface area (Å²) in [5.41, 5.74) is 5.03. The molecular formula is C29H30N6O2. The molecular weight excluding hydrogens is 464 g/mol. The third kappa shape index (κ3) is 6.01. The van der Waals surface area contributed by atoms with Crippen LogP contribution in [0.3, 0.4) is 0 Å². The fourth-order valence-corrected chi connectivity index (χ4v) is 4.34. The Morgan fingerprint density at radius 2 is 1.78 bits per heavy atom. The van der Waals surface area contributed by atoms with Crippen molar-refractivity contribution in [2.24, 2.45) is 0 Å². The first-order chi connectivity index (χ1) is 17.9. The van der Waals surface area contributed by atoms with Gasteiger partial charge in [-0.3, -0.25) is 9.59 Å². The number of hydrogen-bond acceptors (Lipinski definition) is 5. The Hall–Kier alpha value is -4.51. The second kappa shape index (κ2) is 11.5. The fraction of sp³-hybridized carbons (Fsp3) is 0.276. The Bertz CT molecular complexity index is 1480. The molecule has 0 radical (unpaired) electrons. The average Bonchev–Trinajstić information content (AvgIpc) is 3.29. The lowest BCUT2D eigenvalue weighted by Gasteiger charge is -2.13. The third-order valence-electron chi connectivity index (χ3n) is 6.21. The summed E-state index contributed by atoms with van der Waals surface area (Å²) in [5.74, 6) is 0.566. The van der Waals surface area contributed by atoms with Gasteiger partial charge in [0.05, 0.1) is 11.7 Å². The summed E-state index contributed by atoms with van der Waals surface area (Å²) in [6, 6.07) is 17.3. The summed E-state index contributed by atoms with van der Waals surface area (Å²) in [5, 5.41) is 20.8. The van der Waals surface area contributed by atoms with Crippen LogP contribution < -0.4 is 10.6 Å². The minimum Gasteiger partial charge on any atom is -0.352 e. The first-order valence-corrected chi connectivity index (χ1v) is 12.4. The lowest BCUT2D eigenvalue weighted by Crippen LogP contribution is -2.24. The summed E-state index contributed by atoms with van der Waals surface area (Å²) >= 11 is 0. The van der Waals surface area contributed by atoms with Crippen molar-refractivity contribution in [2.45, 2.75) is 46.5 Å². The fourth-order valence-electron chi connectivity index (χ4n) is 4.34. The number of nitriles is 1. The molecule has 0 aliphatic heterocycles. The summed E-state index contributed by atoms with van der Waals surface area (Å²) in [7, 11) is 0. The molecule has 0 bridgehead atoms. The molecule has 4 rings (SSSR count). The van der Waals surface area contributed by atoms with Crippen LogP contribution in [-0.4, -0.2) is 33.1 Å². The van der Waals surface area contributed by atoms with Crippen LogP contribution >= 0.6 is 0 Å². The van der Waals surface area contributed by atoms with Gasteiger partial charge in [-0.2, -0.15) is 15.0 Å². The zero-order valence-electron chi connectivity index (χ0n) is 21.3. The van der Waals surface area contributed by atoms with Crippen LogP contribution in [0.2, 0.25) is 0 Å². The van der Waals surface area contributed by atoms with E-state index in [2.05, 4.69) is 40.9 Å². The van der Waals surface area contributed by atoms with Gasteiger partial charge in [0.15, 0.2) is 11.6 Å². The molecule has 0 aliphatic carbocycles. The highest BCUT2D eigenvalue weighted by Gasteiger charge is 2.17. The van der Waals surface area contributed by atoms with E-state index >= 15 is 0 Å². The zero-order valence-corrected chi connectivity index (χ0v) is 21.3. The van der Waals surface area contributed by atoms with Crippen molar-refractivity contribution in [2.75, 3.05) is 11.9 Å². The molecule has 0 aliphatic rings. The van der Waals surface area contributed by atoms with Gasteiger partial charge in [-0.1, -0.05) is 36.2 Å². The molecule has 2 N–H and O–H groups in total. The lowest BCUT2D eigenvalue weighted by atomic mass is 10.0. The number of benzene rings is 2. The maximum Gasteiger partial charge on any atom is 0.251 e. The van der Waals surface area contributed by atoms with Crippen LogP contribution in [0.15, 0.2) is 54.7 Å². The zero-order chi connectivity index (χ0) is 26.4. The monoisotopic (exact) mass is 494 g/mol. The predicted molar refractivity (Wildman–Crippen MR) is 144 cm³/mol. The van der Waals surface area contributed by atoms with Crippen LogP contribution in [0.25, 0.3) is 16.7 Å². The number of carbonyl (C=O) groups excluding carboxylic acids is 2. The molecule has 0 fully saturated rings. The average molecular weight is 495 g/mol. The topological polar surface area (TPSA) is 113 Å². The van der Waals surface area contributed by atoms with E-state index < -0.39 is 0 Å². The van der Waals surface area contributed by atoms with E-state index in [0.717, 1.165) is 34.9 Å². The number of carbonyl (C=O) groups is 2. The maximum atomic E-state index is 12.7. The molecule has 2 heterocycles. The molecule has 4 aromatic rings. The van der Waals surface area contributed by atoms with Gasteiger partial charge in [0.2, 0.25) is 5.91 Å². The number of nitrogens with one attached hydrogen (secondary N) is 2. The molecule has 0 spiro atoms. The first-order valence-electron chi connectivity index (χ1n) is 12.4. The molecule has 2 amide bonds. The van der Waals surface area contributed by atoms with Gasteiger partial charge in [-0.15, -0.1) is 0 Å². The van der Waals surface area contributed by atoms with Crippen LogP contribution in [0.1, 0.15) is 58.3 Å². The summed E-state index contributed by atoms with van der Waals surface area (Å²) in [6.07, 6.45) is 3.96. The molecule has 0 atom stereocenters. The van der Waals surface area contributed by atoms with E-state index in [1.165, 1.54) is 16.4 Å². The molecule has 0 saturated heterocycles. The van der Waals surface area contributed by atoms with Crippen LogP contribution in [0.4, 0.5) is 5.82 Å². The molecule has 8 heteroatoms. The number of anilines is 1. The molecule has 2 aromatic carbocycles. The Morgan fingerprint density at radius 3 is 2.54 bits per heavy atom. The third-order valence-corrected chi connectivity index (χ3v) is 6.21. The summed E-state index contributed by atoms with van der Waals surface area (Å²) < 4.78 is 1.52. The van der Waals surface area contributed by atoms with Crippen molar-refractivity contribution < 1.29 is 9.59 Å². The van der Waals surface area contributed by atoms with Crippen molar-refractivity contribution in [3.8, 4) is 11.9 Å². The van der Waals surface area contributed by atoms with Crippen molar-refractivity contribution in [3.63, 3.8) is 0 Å². The van der Waals surface area contributed by atoms with Crippen LogP contribution in [0.5, 0.6) is 0 Å². The number of pyridine rings is 1. The number of nitrogens with zero attached hydrogens (tertiary/aromatic N) is 4. The molecule has 2 aromatic heterocycles. The number of hydrogen-bond donors (Lipinski definition) is 2. The lowest BCUT2D eigenvalue weighted by molar-refractivity contribution is -0.116. The Balaban J connectivity index is 1.37. The smallest absolute Gasteiger partial charge is 0.251 e. The van der Waals surface area contributed by atoms with Gasteiger partial charge in [0, 0.05) is 23.9 Å². The molecule has 188 valence electrons. The number of rotatable bonds is 9. The first kappa shape index (κ1) is 25.6. The number of fused-ring (bicyclic) bond motifs is 1. The highest BCUT2D eigenvalue weighted by atomic mass is 16.2. The van der Waals surface area contributed by atoms with Crippen LogP contribution in [0, 0.1) is 32.1 Å².